The van der Waals surface area contributed by atoms with E-state index in [-0.39, 0.29) is 0 Å². The lowest BCUT2D eigenvalue weighted by Crippen LogP contribution is -2.05. The molecule has 2 aromatic rings. The van der Waals surface area contributed by atoms with Crippen molar-refractivity contribution in [1.82, 2.24) is 14.8 Å². The molecule has 0 N–H and O–H groups in total. The molecule has 1 aliphatic rings. The van der Waals surface area contributed by atoms with Crippen molar-refractivity contribution < 1.29 is 0 Å². The minimum atomic E-state index is 0.820. The lowest BCUT2D eigenvalue weighted by atomic mass is 10.0. The fourth-order valence-corrected chi connectivity index (χ4v) is 3.82. The fourth-order valence-electron chi connectivity index (χ4n) is 3.63. The number of hydrogen-bond donors (Lipinski definition) is 0. The molecule has 0 bridgehead atoms. The van der Waals surface area contributed by atoms with E-state index in [0.29, 0.717) is 0 Å². The molecule has 3 nitrogen and oxygen atoms in total. The van der Waals surface area contributed by atoms with Crippen molar-refractivity contribution in [3.05, 3.63) is 52.6 Å². The van der Waals surface area contributed by atoms with E-state index in [1.165, 1.54) is 61.3 Å². The number of nitrogens with zero attached hydrogens (tertiary/aromatic N) is 3. The Bertz CT molecular complexity index is 733. The van der Waals surface area contributed by atoms with E-state index < -0.39 is 0 Å². The molecule has 0 radical (unpaired) electrons. The van der Waals surface area contributed by atoms with Crippen LogP contribution < -0.4 is 0 Å². The van der Waals surface area contributed by atoms with Crippen molar-refractivity contribution in [2.75, 3.05) is 0 Å². The van der Waals surface area contributed by atoms with Gasteiger partial charge in [-0.15, -0.1) is 10.2 Å². The van der Waals surface area contributed by atoms with Crippen LogP contribution in [0.2, 0.25) is 5.02 Å². The first-order valence-corrected chi connectivity index (χ1v) is 11.4. The number of rotatable bonds is 7. The molecule has 0 saturated carbocycles. The summed E-state index contributed by atoms with van der Waals surface area (Å²) in [4.78, 5) is 0. The third-order valence-electron chi connectivity index (χ3n) is 5.11. The second kappa shape index (κ2) is 12.8. The quantitative estimate of drug-likeness (QED) is 0.487. The largest absolute Gasteiger partial charge is 0.315 e. The molecule has 4 heteroatoms. The van der Waals surface area contributed by atoms with Crippen LogP contribution >= 0.6 is 11.6 Å². The van der Waals surface area contributed by atoms with Crippen LogP contribution in [0.5, 0.6) is 0 Å². The van der Waals surface area contributed by atoms with E-state index in [1.54, 1.807) is 0 Å². The SMILES string of the molecule is CC/C=C(\CCC)c1cccc(Cl)c1.CCCCc1nnc2n1CCCCC2. The molecule has 1 aromatic carbocycles. The molecule has 0 atom stereocenters. The summed E-state index contributed by atoms with van der Waals surface area (Å²) >= 11 is 5.96. The molecule has 0 aliphatic carbocycles. The van der Waals surface area contributed by atoms with Crippen LogP contribution in [0.4, 0.5) is 0 Å². The molecular formula is C24H36ClN3. The first kappa shape index (κ1) is 22.7. The summed E-state index contributed by atoms with van der Waals surface area (Å²) in [5.41, 5.74) is 2.68. The Balaban J connectivity index is 0.000000200. The summed E-state index contributed by atoms with van der Waals surface area (Å²) in [6.07, 6.45) is 14.3. The number of halogens is 1. The molecule has 0 unspecified atom stereocenters. The third-order valence-corrected chi connectivity index (χ3v) is 5.34. The van der Waals surface area contributed by atoms with Crippen molar-refractivity contribution in [1.29, 1.82) is 0 Å². The molecule has 1 aromatic heterocycles. The summed E-state index contributed by atoms with van der Waals surface area (Å²) in [6, 6.07) is 8.10. The highest BCUT2D eigenvalue weighted by Gasteiger charge is 2.13. The standard InChI is InChI=1S/C13H17Cl.C11H19N3/c1-3-6-11(7-4-2)12-8-5-9-13(14)10-12;1-2-3-7-10-12-13-11-8-5-4-6-9-14(10)11/h5-6,8-10H,3-4,7H2,1-2H3;2-9H2,1H3/b11-6+;. The van der Waals surface area contributed by atoms with Crippen molar-refractivity contribution in [3.63, 3.8) is 0 Å². The van der Waals surface area contributed by atoms with Crippen LogP contribution in [-0.4, -0.2) is 14.8 Å². The minimum absolute atomic E-state index is 0.820. The summed E-state index contributed by atoms with van der Waals surface area (Å²) in [6.45, 7) is 7.73. The van der Waals surface area contributed by atoms with E-state index in [2.05, 4.69) is 47.7 Å². The number of aromatic nitrogens is 3. The fraction of sp³-hybridized carbons (Fsp3) is 0.583. The maximum atomic E-state index is 5.96. The topological polar surface area (TPSA) is 30.7 Å². The van der Waals surface area contributed by atoms with Crippen LogP contribution in [0.1, 0.15) is 89.4 Å². The molecule has 3 rings (SSSR count). The Morgan fingerprint density at radius 3 is 2.68 bits per heavy atom. The van der Waals surface area contributed by atoms with Gasteiger partial charge in [0.05, 0.1) is 0 Å². The van der Waals surface area contributed by atoms with Gasteiger partial charge in [-0.05, 0) is 55.4 Å². The van der Waals surface area contributed by atoms with E-state index in [4.69, 9.17) is 11.6 Å². The van der Waals surface area contributed by atoms with Gasteiger partial charge >= 0.3 is 0 Å². The molecule has 2 heterocycles. The number of allylic oxidation sites excluding steroid dienone is 2. The smallest absolute Gasteiger partial charge is 0.132 e. The van der Waals surface area contributed by atoms with E-state index >= 15 is 0 Å². The Morgan fingerprint density at radius 2 is 1.96 bits per heavy atom. The molecule has 154 valence electrons. The van der Waals surface area contributed by atoms with Gasteiger partial charge in [0.25, 0.3) is 0 Å². The number of benzene rings is 1. The van der Waals surface area contributed by atoms with Crippen LogP contribution in [0, 0.1) is 0 Å². The van der Waals surface area contributed by atoms with Gasteiger partial charge in [-0.3, -0.25) is 0 Å². The van der Waals surface area contributed by atoms with Gasteiger partial charge in [0, 0.05) is 24.4 Å². The van der Waals surface area contributed by atoms with Gasteiger partial charge in [-0.1, -0.05) is 69.8 Å². The minimum Gasteiger partial charge on any atom is -0.315 e. The number of fused-ring (bicyclic) bond motifs is 1. The van der Waals surface area contributed by atoms with Crippen LogP contribution in [0.25, 0.3) is 5.57 Å². The van der Waals surface area contributed by atoms with Gasteiger partial charge in [-0.25, -0.2) is 0 Å². The highest BCUT2D eigenvalue weighted by atomic mass is 35.5. The van der Waals surface area contributed by atoms with Gasteiger partial charge in [0.1, 0.15) is 11.6 Å². The van der Waals surface area contributed by atoms with Crippen LogP contribution in [0.3, 0.4) is 0 Å². The van der Waals surface area contributed by atoms with Crippen molar-refractivity contribution in [2.24, 2.45) is 0 Å². The lowest BCUT2D eigenvalue weighted by Gasteiger charge is -2.06. The predicted molar refractivity (Wildman–Crippen MR) is 121 cm³/mol. The second-order valence-corrected chi connectivity index (χ2v) is 7.93. The number of unbranched alkanes of at least 4 members (excludes halogenated alkanes) is 1. The maximum Gasteiger partial charge on any atom is 0.132 e. The summed E-state index contributed by atoms with van der Waals surface area (Å²) in [7, 11) is 0. The molecule has 1 aliphatic heterocycles. The summed E-state index contributed by atoms with van der Waals surface area (Å²) in [5, 5.41) is 9.39. The second-order valence-electron chi connectivity index (χ2n) is 7.50. The summed E-state index contributed by atoms with van der Waals surface area (Å²) in [5.74, 6) is 2.43. The van der Waals surface area contributed by atoms with Gasteiger partial charge in [-0.2, -0.15) is 0 Å². The third kappa shape index (κ3) is 7.09. The Hall–Kier alpha value is -1.61. The summed E-state index contributed by atoms with van der Waals surface area (Å²) < 4.78 is 2.35. The van der Waals surface area contributed by atoms with E-state index in [0.717, 1.165) is 37.3 Å². The molecule has 0 amide bonds. The van der Waals surface area contributed by atoms with Gasteiger partial charge in [0.15, 0.2) is 0 Å². The van der Waals surface area contributed by atoms with Gasteiger partial charge < -0.3 is 4.57 Å². The van der Waals surface area contributed by atoms with Crippen LogP contribution in [-0.2, 0) is 19.4 Å². The highest BCUT2D eigenvalue weighted by molar-refractivity contribution is 6.30. The number of hydrogen-bond acceptors (Lipinski definition) is 2. The zero-order valence-electron chi connectivity index (χ0n) is 17.9. The van der Waals surface area contributed by atoms with Crippen LogP contribution in [0.15, 0.2) is 30.3 Å². The van der Waals surface area contributed by atoms with E-state index in [9.17, 15) is 0 Å². The van der Waals surface area contributed by atoms with Crippen molar-refractivity contribution >= 4 is 17.2 Å². The number of aryl methyl sites for hydroxylation is 2. The molecule has 0 spiro atoms. The lowest BCUT2D eigenvalue weighted by molar-refractivity contribution is 0.594. The van der Waals surface area contributed by atoms with Crippen molar-refractivity contribution in [3.8, 4) is 0 Å². The molecule has 28 heavy (non-hydrogen) atoms. The monoisotopic (exact) mass is 401 g/mol. The Morgan fingerprint density at radius 1 is 1.11 bits per heavy atom. The van der Waals surface area contributed by atoms with E-state index in [1.807, 2.05) is 18.2 Å². The first-order valence-electron chi connectivity index (χ1n) is 11.0. The zero-order chi connectivity index (χ0) is 20.2. The molecule has 0 saturated heterocycles. The normalized spacial score (nSPS) is 14.1. The predicted octanol–water partition coefficient (Wildman–Crippen LogP) is 7.28. The first-order chi connectivity index (χ1) is 13.7. The zero-order valence-corrected chi connectivity index (χ0v) is 18.6. The molecular weight excluding hydrogens is 366 g/mol. The highest BCUT2D eigenvalue weighted by Crippen LogP contribution is 2.23. The van der Waals surface area contributed by atoms with Gasteiger partial charge in [0.2, 0.25) is 0 Å². The Labute approximate surface area is 176 Å². The maximum absolute atomic E-state index is 5.96. The molecule has 0 fully saturated rings. The average Bonchev–Trinajstić information content (AvgIpc) is 2.92. The Kier molecular flexibility index (Phi) is 10.3. The van der Waals surface area contributed by atoms with Crippen molar-refractivity contribution in [2.45, 2.75) is 91.5 Å². The average molecular weight is 402 g/mol.